The molecule has 2 aliphatic carbocycles. The summed E-state index contributed by atoms with van der Waals surface area (Å²) >= 11 is 0. The zero-order chi connectivity index (χ0) is 15.5. The van der Waals surface area contributed by atoms with Gasteiger partial charge in [0.1, 0.15) is 6.10 Å². The molecule has 1 aromatic heterocycles. The largest absolute Gasteiger partial charge is 0.438 e. The van der Waals surface area contributed by atoms with Crippen LogP contribution in [0.3, 0.4) is 0 Å². The first-order valence-electron chi connectivity index (χ1n) is 7.68. The Hall–Kier alpha value is -2.13. The monoisotopic (exact) mass is 295 g/mol. The van der Waals surface area contributed by atoms with Crippen LogP contribution in [-0.2, 0) is 0 Å². The van der Waals surface area contributed by atoms with E-state index in [1.54, 1.807) is 18.3 Å². The molecular formula is C19H21NO2. The number of oxazole rings is 1. The second kappa shape index (κ2) is 6.32. The Bertz CT molecular complexity index is 675. The van der Waals surface area contributed by atoms with Gasteiger partial charge in [-0.2, -0.15) is 0 Å². The lowest BCUT2D eigenvalue weighted by Crippen LogP contribution is -2.10. The van der Waals surface area contributed by atoms with E-state index in [1.165, 1.54) is 11.1 Å². The van der Waals surface area contributed by atoms with Crippen LogP contribution < -0.4 is 0 Å². The molecule has 0 amide bonds. The Morgan fingerprint density at radius 2 is 2.32 bits per heavy atom. The van der Waals surface area contributed by atoms with Gasteiger partial charge in [-0.15, -0.1) is 0 Å². The Morgan fingerprint density at radius 3 is 3.09 bits per heavy atom. The second-order valence-corrected chi connectivity index (χ2v) is 5.87. The Balaban J connectivity index is 1.69. The van der Waals surface area contributed by atoms with Crippen molar-refractivity contribution >= 4 is 5.57 Å². The SMILES string of the molecule is C=C/C=C\C(=C)c1cnc(C(O)C2CC3=C(CCC=C3)C2)o1. The number of hydrogen-bond donors (Lipinski definition) is 1. The number of rotatable bonds is 5. The first kappa shape index (κ1) is 14.8. The summed E-state index contributed by atoms with van der Waals surface area (Å²) in [7, 11) is 0. The van der Waals surface area contributed by atoms with Crippen molar-refractivity contribution in [2.24, 2.45) is 5.92 Å². The molecule has 3 rings (SSSR count). The third-order valence-electron chi connectivity index (χ3n) is 4.35. The van der Waals surface area contributed by atoms with Crippen molar-refractivity contribution in [1.82, 2.24) is 4.98 Å². The first-order chi connectivity index (χ1) is 10.7. The first-order valence-corrected chi connectivity index (χ1v) is 7.68. The molecule has 114 valence electrons. The molecule has 2 unspecified atom stereocenters. The predicted octanol–water partition coefficient (Wildman–Crippen LogP) is 4.52. The molecule has 0 aliphatic heterocycles. The van der Waals surface area contributed by atoms with Crippen LogP contribution in [0.2, 0.25) is 0 Å². The van der Waals surface area contributed by atoms with E-state index in [0.717, 1.165) is 31.3 Å². The third-order valence-corrected chi connectivity index (χ3v) is 4.35. The van der Waals surface area contributed by atoms with Gasteiger partial charge >= 0.3 is 0 Å². The lowest BCUT2D eigenvalue weighted by molar-refractivity contribution is 0.0844. The lowest BCUT2D eigenvalue weighted by Gasteiger charge is -2.15. The highest BCUT2D eigenvalue weighted by molar-refractivity contribution is 5.68. The average molecular weight is 295 g/mol. The molecule has 22 heavy (non-hydrogen) atoms. The molecule has 0 spiro atoms. The summed E-state index contributed by atoms with van der Waals surface area (Å²) in [6.07, 6.45) is 14.7. The van der Waals surface area contributed by atoms with E-state index in [0.29, 0.717) is 11.7 Å². The molecule has 1 N–H and O–H groups in total. The van der Waals surface area contributed by atoms with Gasteiger partial charge in [0.05, 0.1) is 6.20 Å². The zero-order valence-electron chi connectivity index (χ0n) is 12.7. The molecule has 2 atom stereocenters. The highest BCUT2D eigenvalue weighted by Gasteiger charge is 2.32. The van der Waals surface area contributed by atoms with Crippen molar-refractivity contribution < 1.29 is 9.52 Å². The molecule has 0 fully saturated rings. The minimum absolute atomic E-state index is 0.163. The quantitative estimate of drug-likeness (QED) is 0.812. The number of aromatic nitrogens is 1. The van der Waals surface area contributed by atoms with E-state index in [-0.39, 0.29) is 5.92 Å². The predicted molar refractivity (Wildman–Crippen MR) is 88.0 cm³/mol. The van der Waals surface area contributed by atoms with E-state index < -0.39 is 6.10 Å². The molecule has 0 saturated heterocycles. The fraction of sp³-hybridized carbons (Fsp3) is 0.316. The number of nitrogens with zero attached hydrogens (tertiary/aromatic N) is 1. The van der Waals surface area contributed by atoms with Gasteiger partial charge in [0.25, 0.3) is 0 Å². The summed E-state index contributed by atoms with van der Waals surface area (Å²) in [4.78, 5) is 4.23. The summed E-state index contributed by atoms with van der Waals surface area (Å²) < 4.78 is 5.69. The molecule has 0 bridgehead atoms. The normalized spacial score (nSPS) is 22.1. The van der Waals surface area contributed by atoms with Crippen molar-refractivity contribution in [2.45, 2.75) is 31.8 Å². The maximum atomic E-state index is 10.6. The third kappa shape index (κ3) is 2.90. The second-order valence-electron chi connectivity index (χ2n) is 5.87. The highest BCUT2D eigenvalue weighted by atomic mass is 16.4. The maximum Gasteiger partial charge on any atom is 0.224 e. The van der Waals surface area contributed by atoms with Crippen LogP contribution in [0.5, 0.6) is 0 Å². The molecule has 0 saturated carbocycles. The number of aliphatic hydroxyl groups is 1. The number of hydrogen-bond acceptors (Lipinski definition) is 3. The fourth-order valence-corrected chi connectivity index (χ4v) is 3.14. The topological polar surface area (TPSA) is 46.3 Å². The molecule has 0 radical (unpaired) electrons. The maximum absolute atomic E-state index is 10.6. The molecule has 2 aliphatic rings. The minimum Gasteiger partial charge on any atom is -0.438 e. The van der Waals surface area contributed by atoms with Gasteiger partial charge < -0.3 is 9.52 Å². The van der Waals surface area contributed by atoms with Gasteiger partial charge in [-0.05, 0) is 31.3 Å². The molecule has 0 aromatic carbocycles. The zero-order valence-corrected chi connectivity index (χ0v) is 12.7. The van der Waals surface area contributed by atoms with Crippen LogP contribution in [0.15, 0.2) is 65.3 Å². The van der Waals surface area contributed by atoms with Crippen molar-refractivity contribution in [2.75, 3.05) is 0 Å². The van der Waals surface area contributed by atoms with Gasteiger partial charge in [-0.1, -0.05) is 49.1 Å². The van der Waals surface area contributed by atoms with E-state index in [4.69, 9.17) is 4.42 Å². The van der Waals surface area contributed by atoms with E-state index in [2.05, 4.69) is 30.3 Å². The van der Waals surface area contributed by atoms with Crippen LogP contribution in [0, 0.1) is 5.92 Å². The lowest BCUT2D eigenvalue weighted by atomic mass is 9.97. The molecule has 3 nitrogen and oxygen atoms in total. The molecule has 3 heteroatoms. The minimum atomic E-state index is -0.663. The van der Waals surface area contributed by atoms with Crippen LogP contribution in [0.1, 0.15) is 43.4 Å². The number of aliphatic hydroxyl groups excluding tert-OH is 1. The van der Waals surface area contributed by atoms with E-state index >= 15 is 0 Å². The van der Waals surface area contributed by atoms with Crippen molar-refractivity contribution in [3.63, 3.8) is 0 Å². The highest BCUT2D eigenvalue weighted by Crippen LogP contribution is 2.43. The Morgan fingerprint density at radius 1 is 1.45 bits per heavy atom. The Labute approximate surface area is 131 Å². The van der Waals surface area contributed by atoms with Gasteiger partial charge in [0.15, 0.2) is 5.76 Å². The summed E-state index contributed by atoms with van der Waals surface area (Å²) in [6.45, 7) is 7.55. The molecule has 1 aromatic rings. The summed E-state index contributed by atoms with van der Waals surface area (Å²) in [6, 6.07) is 0. The molecule has 1 heterocycles. The van der Waals surface area contributed by atoms with Gasteiger partial charge in [-0.25, -0.2) is 4.98 Å². The van der Waals surface area contributed by atoms with Gasteiger partial charge in [0, 0.05) is 11.5 Å². The van der Waals surface area contributed by atoms with Crippen LogP contribution in [-0.4, -0.2) is 10.1 Å². The van der Waals surface area contributed by atoms with E-state index in [9.17, 15) is 5.11 Å². The van der Waals surface area contributed by atoms with Gasteiger partial charge in [0.2, 0.25) is 5.89 Å². The molecular weight excluding hydrogens is 274 g/mol. The average Bonchev–Trinajstić information content (AvgIpc) is 3.18. The smallest absolute Gasteiger partial charge is 0.224 e. The van der Waals surface area contributed by atoms with Crippen LogP contribution >= 0.6 is 0 Å². The van der Waals surface area contributed by atoms with Crippen LogP contribution in [0.25, 0.3) is 5.57 Å². The van der Waals surface area contributed by atoms with Crippen molar-refractivity contribution in [3.05, 3.63) is 72.5 Å². The number of allylic oxidation sites excluding steroid dienone is 8. The fourth-order valence-electron chi connectivity index (χ4n) is 3.14. The van der Waals surface area contributed by atoms with Crippen molar-refractivity contribution in [3.8, 4) is 0 Å². The van der Waals surface area contributed by atoms with Crippen LogP contribution in [0.4, 0.5) is 0 Å². The van der Waals surface area contributed by atoms with E-state index in [1.807, 2.05) is 6.08 Å². The standard InChI is InChI=1S/C19H21NO2/c1-3-4-7-13(2)17-12-20-19(22-17)18(21)16-10-14-8-5-6-9-15(14)11-16/h3-5,7-8,12,16,18,21H,1-2,6,9-11H2/b7-4-. The van der Waals surface area contributed by atoms with Gasteiger partial charge in [-0.3, -0.25) is 0 Å². The van der Waals surface area contributed by atoms with Crippen molar-refractivity contribution in [1.29, 1.82) is 0 Å². The Kier molecular flexibility index (Phi) is 4.25. The summed E-state index contributed by atoms with van der Waals surface area (Å²) in [5, 5.41) is 10.6. The summed E-state index contributed by atoms with van der Waals surface area (Å²) in [5.74, 6) is 1.14. The summed E-state index contributed by atoms with van der Waals surface area (Å²) in [5.41, 5.74) is 3.59.